The SMILES string of the molecule is CCN1CN(C2=CC=CCC2)C2(CCN(C(=O)[C@@H](Cc3ccc(OC)cc3)NC(=O)[C@@H](N)Cc3cncn3C)CC2)C1=O. The van der Waals surface area contributed by atoms with Crippen LogP contribution in [0.5, 0.6) is 5.75 Å². The summed E-state index contributed by atoms with van der Waals surface area (Å²) in [6.45, 7) is 4.09. The fourth-order valence-electron chi connectivity index (χ4n) is 6.38. The number of piperidine rings is 1. The van der Waals surface area contributed by atoms with Crippen molar-refractivity contribution < 1.29 is 19.1 Å². The van der Waals surface area contributed by atoms with Crippen LogP contribution in [0.2, 0.25) is 0 Å². The molecule has 2 aliphatic heterocycles. The topological polar surface area (TPSA) is 126 Å². The Morgan fingerprint density at radius 1 is 1.16 bits per heavy atom. The van der Waals surface area contributed by atoms with E-state index in [2.05, 4.69) is 33.4 Å². The summed E-state index contributed by atoms with van der Waals surface area (Å²) in [6, 6.07) is 5.83. The molecule has 0 radical (unpaired) electrons. The van der Waals surface area contributed by atoms with Crippen molar-refractivity contribution in [2.24, 2.45) is 12.8 Å². The second-order valence-electron chi connectivity index (χ2n) is 11.6. The molecule has 2 saturated heterocycles. The van der Waals surface area contributed by atoms with Crippen LogP contribution in [0.1, 0.15) is 43.9 Å². The zero-order valence-electron chi connectivity index (χ0n) is 25.4. The van der Waals surface area contributed by atoms with E-state index in [0.717, 1.165) is 24.1 Å². The molecule has 3 N–H and O–H groups in total. The van der Waals surface area contributed by atoms with Gasteiger partial charge in [-0.15, -0.1) is 0 Å². The van der Waals surface area contributed by atoms with E-state index in [9.17, 15) is 14.4 Å². The van der Waals surface area contributed by atoms with Gasteiger partial charge in [0.15, 0.2) is 0 Å². The minimum Gasteiger partial charge on any atom is -0.497 e. The number of likely N-dealkylation sites (tertiary alicyclic amines) is 1. The number of carbonyl (C=O) groups excluding carboxylic acids is 3. The summed E-state index contributed by atoms with van der Waals surface area (Å²) < 4.78 is 7.11. The maximum absolute atomic E-state index is 14.0. The zero-order valence-corrected chi connectivity index (χ0v) is 25.4. The number of nitrogens with one attached hydrogen (secondary N) is 1. The molecule has 3 heterocycles. The van der Waals surface area contributed by atoms with Crippen molar-refractivity contribution in [1.29, 1.82) is 0 Å². The van der Waals surface area contributed by atoms with Crippen LogP contribution in [0.3, 0.4) is 0 Å². The van der Waals surface area contributed by atoms with Gasteiger partial charge in [-0.25, -0.2) is 4.98 Å². The smallest absolute Gasteiger partial charge is 0.250 e. The van der Waals surface area contributed by atoms with Gasteiger partial charge in [0.05, 0.1) is 26.1 Å². The van der Waals surface area contributed by atoms with E-state index in [1.54, 1.807) is 24.5 Å². The lowest BCUT2D eigenvalue weighted by atomic mass is 9.84. The first-order valence-electron chi connectivity index (χ1n) is 15.1. The van der Waals surface area contributed by atoms with Crippen LogP contribution < -0.4 is 15.8 Å². The maximum Gasteiger partial charge on any atom is 0.250 e. The van der Waals surface area contributed by atoms with Crippen molar-refractivity contribution in [3.63, 3.8) is 0 Å². The lowest BCUT2D eigenvalue weighted by Crippen LogP contribution is -2.60. The van der Waals surface area contributed by atoms with Crippen molar-refractivity contribution in [2.75, 3.05) is 33.4 Å². The number of imidazole rings is 1. The highest BCUT2D eigenvalue weighted by Gasteiger charge is 2.54. The number of rotatable bonds is 10. The Bertz CT molecular complexity index is 1370. The van der Waals surface area contributed by atoms with Crippen molar-refractivity contribution in [2.45, 2.75) is 63.1 Å². The van der Waals surface area contributed by atoms with E-state index in [-0.39, 0.29) is 11.8 Å². The summed E-state index contributed by atoms with van der Waals surface area (Å²) >= 11 is 0. The Morgan fingerprint density at radius 2 is 1.91 bits per heavy atom. The fraction of sp³-hybridized carbons (Fsp3) is 0.500. The zero-order chi connectivity index (χ0) is 30.6. The number of aromatic nitrogens is 2. The molecular formula is C32H43N7O4. The molecule has 230 valence electrons. The third-order valence-electron chi connectivity index (χ3n) is 9.03. The average Bonchev–Trinajstić information content (AvgIpc) is 3.56. The first kappa shape index (κ1) is 30.3. The number of allylic oxidation sites excluding steroid dienone is 4. The van der Waals surface area contributed by atoms with Gasteiger partial charge < -0.3 is 35.1 Å². The molecule has 43 heavy (non-hydrogen) atoms. The molecule has 0 unspecified atom stereocenters. The number of nitrogens with two attached hydrogens (primary N) is 1. The van der Waals surface area contributed by atoms with Gasteiger partial charge >= 0.3 is 0 Å². The van der Waals surface area contributed by atoms with Gasteiger partial charge in [0.25, 0.3) is 0 Å². The van der Waals surface area contributed by atoms with Gasteiger partial charge in [0.1, 0.15) is 17.3 Å². The lowest BCUT2D eigenvalue weighted by molar-refractivity contribution is -0.142. The lowest BCUT2D eigenvalue weighted by Gasteiger charge is -2.45. The molecule has 3 amide bonds. The summed E-state index contributed by atoms with van der Waals surface area (Å²) in [6.07, 6.45) is 13.2. The first-order chi connectivity index (χ1) is 20.8. The van der Waals surface area contributed by atoms with Gasteiger partial charge in [0, 0.05) is 57.1 Å². The maximum atomic E-state index is 14.0. The Labute approximate surface area is 253 Å². The normalized spacial score (nSPS) is 19.4. The molecule has 1 aromatic heterocycles. The summed E-state index contributed by atoms with van der Waals surface area (Å²) in [4.78, 5) is 51.1. The third-order valence-corrected chi connectivity index (χ3v) is 9.03. The predicted octanol–water partition coefficient (Wildman–Crippen LogP) is 1.74. The molecule has 0 bridgehead atoms. The highest BCUT2D eigenvalue weighted by molar-refractivity contribution is 5.91. The van der Waals surface area contributed by atoms with Crippen molar-refractivity contribution in [3.05, 3.63) is 72.0 Å². The number of nitrogens with zero attached hydrogens (tertiary/aromatic N) is 5. The number of methoxy groups -OCH3 is 1. The number of aryl methyl sites for hydroxylation is 1. The Balaban J connectivity index is 1.32. The first-order valence-corrected chi connectivity index (χ1v) is 15.1. The van der Waals surface area contributed by atoms with Crippen LogP contribution in [-0.2, 0) is 34.3 Å². The quantitative estimate of drug-likeness (QED) is 0.433. The molecule has 2 fully saturated rings. The van der Waals surface area contributed by atoms with Crippen LogP contribution in [0, 0.1) is 0 Å². The molecule has 1 aliphatic carbocycles. The van der Waals surface area contributed by atoms with E-state index in [1.807, 2.05) is 47.7 Å². The number of amides is 3. The number of carbonyl (C=O) groups is 3. The second kappa shape index (κ2) is 13.0. The summed E-state index contributed by atoms with van der Waals surface area (Å²) in [5, 5.41) is 2.95. The highest BCUT2D eigenvalue weighted by atomic mass is 16.5. The molecule has 1 spiro atoms. The number of hydrogen-bond acceptors (Lipinski definition) is 7. The minimum absolute atomic E-state index is 0.141. The molecule has 5 rings (SSSR count). The largest absolute Gasteiger partial charge is 0.497 e. The standard InChI is InChI=1S/C32H43N7O4/c1-4-37-22-39(24-8-6-5-7-9-24)32(31(37)42)14-16-38(17-15-32)30(41)28(18-23-10-12-26(43-3)13-11-23)35-29(40)27(33)19-25-20-34-21-36(25)2/h5-6,8,10-13,20-21,27-28H,4,7,9,14-19,22,33H2,1-3H3,(H,35,40)/t27-,28+/m0/s1. The fourth-order valence-corrected chi connectivity index (χ4v) is 6.38. The van der Waals surface area contributed by atoms with E-state index < -0.39 is 23.5 Å². The van der Waals surface area contributed by atoms with E-state index in [4.69, 9.17) is 10.5 Å². The van der Waals surface area contributed by atoms with Crippen LogP contribution >= 0.6 is 0 Å². The Kier molecular flexibility index (Phi) is 9.19. The molecular weight excluding hydrogens is 546 g/mol. The Morgan fingerprint density at radius 3 is 2.51 bits per heavy atom. The van der Waals surface area contributed by atoms with Gasteiger partial charge in [-0.1, -0.05) is 24.3 Å². The van der Waals surface area contributed by atoms with Gasteiger partial charge in [-0.05, 0) is 56.4 Å². The number of hydrogen-bond donors (Lipinski definition) is 2. The second-order valence-corrected chi connectivity index (χ2v) is 11.6. The number of likely N-dealkylation sites (N-methyl/N-ethyl adjacent to an activating group) is 1. The predicted molar refractivity (Wildman–Crippen MR) is 163 cm³/mol. The molecule has 2 aromatic rings. The highest BCUT2D eigenvalue weighted by Crippen LogP contribution is 2.40. The Hall–Kier alpha value is -4.12. The van der Waals surface area contributed by atoms with Crippen LogP contribution in [0.4, 0.5) is 0 Å². The van der Waals surface area contributed by atoms with Crippen molar-refractivity contribution >= 4 is 17.7 Å². The monoisotopic (exact) mass is 589 g/mol. The molecule has 2 atom stereocenters. The summed E-state index contributed by atoms with van der Waals surface area (Å²) in [5.74, 6) is 0.290. The molecule has 1 aromatic carbocycles. The van der Waals surface area contributed by atoms with Gasteiger partial charge in [-0.2, -0.15) is 0 Å². The van der Waals surface area contributed by atoms with Crippen molar-refractivity contribution in [1.82, 2.24) is 29.6 Å². The van der Waals surface area contributed by atoms with Crippen molar-refractivity contribution in [3.8, 4) is 5.75 Å². The minimum atomic E-state index is -0.839. The van der Waals surface area contributed by atoms with Crippen LogP contribution in [0.25, 0.3) is 0 Å². The van der Waals surface area contributed by atoms with E-state index in [1.165, 1.54) is 5.70 Å². The number of ether oxygens (including phenoxy) is 1. The molecule has 11 nitrogen and oxygen atoms in total. The van der Waals surface area contributed by atoms with Gasteiger partial charge in [-0.3, -0.25) is 14.4 Å². The van der Waals surface area contributed by atoms with E-state index in [0.29, 0.717) is 57.7 Å². The van der Waals surface area contributed by atoms with Gasteiger partial charge in [0.2, 0.25) is 17.7 Å². The van der Waals surface area contributed by atoms with E-state index >= 15 is 0 Å². The van der Waals surface area contributed by atoms with Crippen LogP contribution in [0.15, 0.2) is 60.7 Å². The molecule has 0 saturated carbocycles. The third kappa shape index (κ3) is 6.31. The van der Waals surface area contributed by atoms with Crippen LogP contribution in [-0.4, -0.2) is 93.0 Å². The summed E-state index contributed by atoms with van der Waals surface area (Å²) in [7, 11) is 3.45. The molecule has 11 heteroatoms. The summed E-state index contributed by atoms with van der Waals surface area (Å²) in [5.41, 5.74) is 8.54. The average molecular weight is 590 g/mol. The number of benzene rings is 1. The molecule has 3 aliphatic rings.